The number of rotatable bonds is 11. The average Bonchev–Trinajstić information content (AvgIpc) is 3.42. The second kappa shape index (κ2) is 12.8. The van der Waals surface area contributed by atoms with Crippen LogP contribution in [-0.4, -0.2) is 38.5 Å². The van der Waals surface area contributed by atoms with Crippen molar-refractivity contribution in [3.05, 3.63) is 63.3 Å². The zero-order valence-electron chi connectivity index (χ0n) is 21.7. The number of carbonyl (C=O) groups excluding carboxylic acids is 2. The lowest BCUT2D eigenvalue weighted by Crippen LogP contribution is -2.19. The van der Waals surface area contributed by atoms with Crippen molar-refractivity contribution in [3.63, 3.8) is 0 Å². The van der Waals surface area contributed by atoms with Gasteiger partial charge in [0.05, 0.1) is 17.4 Å². The lowest BCUT2D eigenvalue weighted by atomic mass is 9.95. The highest BCUT2D eigenvalue weighted by atomic mass is 35.5. The van der Waals surface area contributed by atoms with Gasteiger partial charge in [0, 0.05) is 16.4 Å². The van der Waals surface area contributed by atoms with Crippen LogP contribution in [0.2, 0.25) is 5.02 Å². The third-order valence-corrected chi connectivity index (χ3v) is 8.31. The van der Waals surface area contributed by atoms with Crippen LogP contribution in [0.3, 0.4) is 0 Å². The van der Waals surface area contributed by atoms with Gasteiger partial charge < -0.3 is 14.8 Å². The number of hydrogen-bond acceptors (Lipinski definition) is 8. The van der Waals surface area contributed by atoms with E-state index in [9.17, 15) is 9.59 Å². The van der Waals surface area contributed by atoms with E-state index in [4.69, 9.17) is 21.1 Å². The Labute approximate surface area is 235 Å². The SMILES string of the molecule is C=CCn1c(COc2ccc(Cl)cc2C)nnc1SCC(=O)Nc1sc2c(c1C(=O)OC(C)C)CCCC2. The van der Waals surface area contributed by atoms with Crippen molar-refractivity contribution in [1.29, 1.82) is 0 Å². The molecule has 11 heteroatoms. The molecule has 1 aromatic carbocycles. The molecule has 0 aliphatic heterocycles. The highest BCUT2D eigenvalue weighted by Gasteiger charge is 2.28. The Morgan fingerprint density at radius 2 is 2.08 bits per heavy atom. The number of thioether (sulfide) groups is 1. The summed E-state index contributed by atoms with van der Waals surface area (Å²) in [7, 11) is 0. The molecule has 0 unspecified atom stereocenters. The number of halogens is 1. The number of esters is 1. The fraction of sp³-hybridized carbons (Fsp3) is 0.407. The Kier molecular flexibility index (Phi) is 9.51. The number of nitrogens with one attached hydrogen (secondary N) is 1. The fourth-order valence-electron chi connectivity index (χ4n) is 4.20. The van der Waals surface area contributed by atoms with E-state index >= 15 is 0 Å². The van der Waals surface area contributed by atoms with Crippen LogP contribution in [0.15, 0.2) is 36.0 Å². The molecule has 1 aliphatic rings. The average molecular weight is 575 g/mol. The molecule has 4 rings (SSSR count). The van der Waals surface area contributed by atoms with Gasteiger partial charge >= 0.3 is 5.97 Å². The minimum absolute atomic E-state index is 0.105. The van der Waals surface area contributed by atoms with Crippen LogP contribution in [0.1, 0.15) is 58.9 Å². The lowest BCUT2D eigenvalue weighted by molar-refractivity contribution is -0.113. The van der Waals surface area contributed by atoms with Crippen molar-refractivity contribution in [2.45, 2.75) is 70.9 Å². The zero-order chi connectivity index (χ0) is 27.2. The Morgan fingerprint density at radius 3 is 2.82 bits per heavy atom. The number of amides is 1. The van der Waals surface area contributed by atoms with Crippen LogP contribution in [0, 0.1) is 6.92 Å². The molecule has 2 aromatic heterocycles. The Balaban J connectivity index is 1.43. The molecular formula is C27H31ClN4O4S2. The van der Waals surface area contributed by atoms with Crippen molar-refractivity contribution in [2.24, 2.45) is 0 Å². The summed E-state index contributed by atoms with van der Waals surface area (Å²) in [5.41, 5.74) is 2.44. The van der Waals surface area contributed by atoms with Gasteiger partial charge in [-0.25, -0.2) is 4.79 Å². The molecule has 202 valence electrons. The number of ether oxygens (including phenoxy) is 2. The maximum Gasteiger partial charge on any atom is 0.341 e. The van der Waals surface area contributed by atoms with Gasteiger partial charge in [0.25, 0.3) is 0 Å². The normalized spacial score (nSPS) is 12.8. The molecule has 0 radical (unpaired) electrons. The molecule has 1 aliphatic carbocycles. The van der Waals surface area contributed by atoms with Gasteiger partial charge in [0.1, 0.15) is 17.4 Å². The summed E-state index contributed by atoms with van der Waals surface area (Å²) < 4.78 is 13.3. The summed E-state index contributed by atoms with van der Waals surface area (Å²) in [6, 6.07) is 5.43. The van der Waals surface area contributed by atoms with Gasteiger partial charge in [-0.2, -0.15) is 0 Å². The summed E-state index contributed by atoms with van der Waals surface area (Å²) in [5, 5.41) is 13.3. The molecule has 1 amide bonds. The van der Waals surface area contributed by atoms with E-state index in [2.05, 4.69) is 22.1 Å². The van der Waals surface area contributed by atoms with Crippen molar-refractivity contribution >= 4 is 51.6 Å². The number of fused-ring (bicyclic) bond motifs is 1. The summed E-state index contributed by atoms with van der Waals surface area (Å²) in [6.07, 6.45) is 5.35. The molecule has 38 heavy (non-hydrogen) atoms. The molecule has 0 atom stereocenters. The largest absolute Gasteiger partial charge is 0.485 e. The van der Waals surface area contributed by atoms with E-state index in [0.29, 0.717) is 38.9 Å². The molecule has 0 spiro atoms. The van der Waals surface area contributed by atoms with Crippen LogP contribution in [0.25, 0.3) is 0 Å². The second-order valence-electron chi connectivity index (χ2n) is 9.20. The molecule has 2 heterocycles. The van der Waals surface area contributed by atoms with Gasteiger partial charge in [-0.1, -0.05) is 29.4 Å². The van der Waals surface area contributed by atoms with Gasteiger partial charge in [0.15, 0.2) is 11.0 Å². The number of nitrogens with zero attached hydrogens (tertiary/aromatic N) is 3. The van der Waals surface area contributed by atoms with Crippen molar-refractivity contribution < 1.29 is 19.1 Å². The number of carbonyl (C=O) groups is 2. The van der Waals surface area contributed by atoms with Crippen molar-refractivity contribution in [3.8, 4) is 5.75 Å². The number of anilines is 1. The predicted molar refractivity (Wildman–Crippen MR) is 152 cm³/mol. The highest BCUT2D eigenvalue weighted by Crippen LogP contribution is 2.39. The topological polar surface area (TPSA) is 95.3 Å². The van der Waals surface area contributed by atoms with E-state index in [-0.39, 0.29) is 30.3 Å². The van der Waals surface area contributed by atoms with E-state index in [0.717, 1.165) is 41.7 Å². The summed E-state index contributed by atoms with van der Waals surface area (Å²) in [4.78, 5) is 27.0. The monoisotopic (exact) mass is 574 g/mol. The molecular weight excluding hydrogens is 544 g/mol. The molecule has 8 nitrogen and oxygen atoms in total. The van der Waals surface area contributed by atoms with Gasteiger partial charge in [-0.15, -0.1) is 28.1 Å². The van der Waals surface area contributed by atoms with E-state index < -0.39 is 0 Å². The standard InChI is InChI=1S/C27H31ClN4O4S2/c1-5-12-32-22(14-35-20-11-10-18(28)13-17(20)4)30-31-27(32)37-15-23(33)29-25-24(26(34)36-16(2)3)19-8-6-7-9-21(19)38-25/h5,10-11,13,16H,1,6-9,12,14-15H2,2-4H3,(H,29,33). The maximum atomic E-state index is 13.0. The molecule has 0 bridgehead atoms. The maximum absolute atomic E-state index is 13.0. The van der Waals surface area contributed by atoms with Crippen molar-refractivity contribution in [1.82, 2.24) is 14.8 Å². The van der Waals surface area contributed by atoms with E-state index in [1.807, 2.05) is 37.5 Å². The minimum atomic E-state index is -0.381. The summed E-state index contributed by atoms with van der Waals surface area (Å²) >= 11 is 8.78. The quantitative estimate of drug-likeness (QED) is 0.164. The van der Waals surface area contributed by atoms with Gasteiger partial charge in [-0.3, -0.25) is 9.36 Å². The van der Waals surface area contributed by atoms with E-state index in [1.54, 1.807) is 12.1 Å². The second-order valence-corrected chi connectivity index (χ2v) is 11.7. The third-order valence-electron chi connectivity index (χ3n) is 5.90. The number of aryl methyl sites for hydroxylation is 2. The summed E-state index contributed by atoms with van der Waals surface area (Å²) in [6.45, 7) is 10.1. The minimum Gasteiger partial charge on any atom is -0.485 e. The Morgan fingerprint density at radius 1 is 1.29 bits per heavy atom. The lowest BCUT2D eigenvalue weighted by Gasteiger charge is -2.14. The van der Waals surface area contributed by atoms with Crippen LogP contribution >= 0.6 is 34.7 Å². The first-order valence-corrected chi connectivity index (χ1v) is 14.6. The first-order valence-electron chi connectivity index (χ1n) is 12.5. The van der Waals surface area contributed by atoms with Crippen molar-refractivity contribution in [2.75, 3.05) is 11.1 Å². The predicted octanol–water partition coefficient (Wildman–Crippen LogP) is 6.24. The molecule has 0 saturated carbocycles. The van der Waals surface area contributed by atoms with Gasteiger partial charge in [-0.05, 0) is 75.8 Å². The highest BCUT2D eigenvalue weighted by molar-refractivity contribution is 7.99. The fourth-order valence-corrected chi connectivity index (χ4v) is 6.48. The number of benzene rings is 1. The number of thiophene rings is 1. The first kappa shape index (κ1) is 28.2. The smallest absolute Gasteiger partial charge is 0.341 e. The Hall–Kier alpha value is -2.82. The number of allylic oxidation sites excluding steroid dienone is 1. The Bertz CT molecular complexity index is 1330. The first-order chi connectivity index (χ1) is 18.3. The summed E-state index contributed by atoms with van der Waals surface area (Å²) in [5.74, 6) is 0.824. The van der Waals surface area contributed by atoms with Crippen LogP contribution < -0.4 is 10.1 Å². The molecule has 0 saturated heterocycles. The zero-order valence-corrected chi connectivity index (χ0v) is 24.1. The molecule has 3 aromatic rings. The molecule has 0 fully saturated rings. The third kappa shape index (κ3) is 6.78. The van der Waals surface area contributed by atoms with Crippen LogP contribution in [0.5, 0.6) is 5.75 Å². The molecule has 1 N–H and O–H groups in total. The number of aromatic nitrogens is 3. The van der Waals surface area contributed by atoms with Crippen LogP contribution in [0.4, 0.5) is 5.00 Å². The van der Waals surface area contributed by atoms with Gasteiger partial charge in [0.2, 0.25) is 5.91 Å². The van der Waals surface area contributed by atoms with E-state index in [1.165, 1.54) is 23.1 Å². The van der Waals surface area contributed by atoms with Crippen LogP contribution in [-0.2, 0) is 35.5 Å². The number of hydrogen-bond donors (Lipinski definition) is 1.